The molecule has 5 nitrogen and oxygen atoms in total. The maximum atomic E-state index is 6.52. The number of piperidine rings is 1. The predicted octanol–water partition coefficient (Wildman–Crippen LogP) is 4.72. The topological polar surface area (TPSA) is 37.2 Å². The van der Waals surface area contributed by atoms with Crippen LogP contribution in [0, 0.1) is 0 Å². The van der Waals surface area contributed by atoms with E-state index in [0.717, 1.165) is 59.9 Å². The Morgan fingerprint density at radius 3 is 2.64 bits per heavy atom. The van der Waals surface area contributed by atoms with Gasteiger partial charge in [0.2, 0.25) is 0 Å². The number of allylic oxidation sites excluding steroid dienone is 1. The third-order valence-corrected chi connectivity index (χ3v) is 6.08. The summed E-state index contributed by atoms with van der Waals surface area (Å²) in [5, 5.41) is 0.618. The molecule has 3 heterocycles. The van der Waals surface area contributed by atoms with Gasteiger partial charge >= 0.3 is 0 Å². The Kier molecular flexibility index (Phi) is 5.02. The van der Waals surface area contributed by atoms with Crippen LogP contribution in [0.3, 0.4) is 0 Å². The van der Waals surface area contributed by atoms with Crippen LogP contribution in [-0.4, -0.2) is 45.6 Å². The smallest absolute Gasteiger partial charge is 0.142 e. The molecule has 146 valence electrons. The monoisotopic (exact) mass is 395 g/mol. The van der Waals surface area contributed by atoms with E-state index in [1.807, 2.05) is 25.2 Å². The van der Waals surface area contributed by atoms with Gasteiger partial charge in [0.1, 0.15) is 11.6 Å². The molecule has 0 saturated carbocycles. The number of fused-ring (bicyclic) bond motifs is 1. The first-order valence-electron chi connectivity index (χ1n) is 9.66. The first-order valence-corrected chi connectivity index (χ1v) is 10.0. The summed E-state index contributed by atoms with van der Waals surface area (Å²) in [6.45, 7) is 8.22. The molecule has 1 aliphatic rings. The first kappa shape index (κ1) is 18.8. The number of hydrogen-bond donors (Lipinski definition) is 0. The molecule has 1 saturated heterocycles. The number of aryl methyl sites for hydroxylation is 1. The number of para-hydroxylation sites is 2. The zero-order valence-corrected chi connectivity index (χ0v) is 17.4. The van der Waals surface area contributed by atoms with Gasteiger partial charge in [0.15, 0.2) is 0 Å². The van der Waals surface area contributed by atoms with E-state index in [1.54, 1.807) is 6.20 Å². The van der Waals surface area contributed by atoms with Gasteiger partial charge in [-0.3, -0.25) is 0 Å². The Morgan fingerprint density at radius 2 is 1.96 bits per heavy atom. The number of pyridine rings is 1. The second-order valence-corrected chi connectivity index (χ2v) is 7.98. The molecule has 1 aromatic carbocycles. The molecule has 0 atom stereocenters. The van der Waals surface area contributed by atoms with Gasteiger partial charge in [0.05, 0.1) is 16.1 Å². The summed E-state index contributed by atoms with van der Waals surface area (Å²) in [6.07, 6.45) is 3.93. The van der Waals surface area contributed by atoms with E-state index >= 15 is 0 Å². The molecule has 1 aliphatic heterocycles. The van der Waals surface area contributed by atoms with Crippen LogP contribution in [0.15, 0.2) is 48.8 Å². The average molecular weight is 396 g/mol. The van der Waals surface area contributed by atoms with Crippen LogP contribution in [0.5, 0.6) is 0 Å². The summed E-state index contributed by atoms with van der Waals surface area (Å²) >= 11 is 6.52. The second kappa shape index (κ2) is 7.47. The molecule has 0 amide bonds. The highest BCUT2D eigenvalue weighted by Crippen LogP contribution is 2.32. The van der Waals surface area contributed by atoms with Crippen molar-refractivity contribution in [2.24, 2.45) is 7.05 Å². The maximum Gasteiger partial charge on any atom is 0.142 e. The van der Waals surface area contributed by atoms with Crippen LogP contribution in [-0.2, 0) is 7.05 Å². The van der Waals surface area contributed by atoms with Crippen molar-refractivity contribution in [3.05, 3.63) is 53.8 Å². The first-order chi connectivity index (χ1) is 13.5. The Hall–Kier alpha value is -2.53. The quantitative estimate of drug-likeness (QED) is 0.640. The van der Waals surface area contributed by atoms with Crippen molar-refractivity contribution in [2.45, 2.75) is 25.8 Å². The van der Waals surface area contributed by atoms with Crippen LogP contribution in [0.4, 0.5) is 5.82 Å². The fourth-order valence-corrected chi connectivity index (χ4v) is 4.19. The number of imidazole rings is 1. The summed E-state index contributed by atoms with van der Waals surface area (Å²) in [6, 6.07) is 10.6. The Bertz CT molecular complexity index is 1020. The second-order valence-electron chi connectivity index (χ2n) is 7.57. The third-order valence-electron chi connectivity index (χ3n) is 5.78. The molecule has 2 aromatic heterocycles. The molecule has 3 aromatic rings. The van der Waals surface area contributed by atoms with Crippen LogP contribution in [0.25, 0.3) is 22.4 Å². The van der Waals surface area contributed by atoms with Gasteiger partial charge in [0.25, 0.3) is 0 Å². The average Bonchev–Trinajstić information content (AvgIpc) is 3.04. The van der Waals surface area contributed by atoms with Crippen LogP contribution in [0.1, 0.15) is 19.8 Å². The molecule has 1 fully saturated rings. The van der Waals surface area contributed by atoms with Gasteiger partial charge in [-0.2, -0.15) is 0 Å². The lowest BCUT2D eigenvalue weighted by Crippen LogP contribution is -2.42. The Morgan fingerprint density at radius 1 is 1.25 bits per heavy atom. The van der Waals surface area contributed by atoms with Crippen molar-refractivity contribution in [3.8, 4) is 11.4 Å². The van der Waals surface area contributed by atoms with E-state index < -0.39 is 0 Å². The summed E-state index contributed by atoms with van der Waals surface area (Å²) in [5.74, 6) is 1.79. The number of nitrogens with zero attached hydrogens (tertiary/aromatic N) is 5. The number of rotatable bonds is 4. The lowest BCUT2D eigenvalue weighted by Gasteiger charge is -2.38. The summed E-state index contributed by atoms with van der Waals surface area (Å²) < 4.78 is 2.09. The molecule has 0 aliphatic carbocycles. The standard InChI is InChI=1S/C22H26ClN5/c1-15(2)28-11-9-16(10-12-28)26(3)21-13-17(18(23)14-24-21)22-25-19-7-5-6-8-20(19)27(22)4/h5-8,13-14,16H,1,9-12H2,2-4H3. The molecular weight excluding hydrogens is 370 g/mol. The van der Waals surface area contributed by atoms with Gasteiger partial charge in [-0.15, -0.1) is 0 Å². The van der Waals surface area contributed by atoms with Crippen LogP contribution < -0.4 is 4.90 Å². The van der Waals surface area contributed by atoms with Crippen molar-refractivity contribution in [1.29, 1.82) is 0 Å². The molecule has 0 N–H and O–H groups in total. The van der Waals surface area contributed by atoms with Gasteiger partial charge in [-0.25, -0.2) is 9.97 Å². The molecule has 0 unspecified atom stereocenters. The van der Waals surface area contributed by atoms with Gasteiger partial charge in [0, 0.05) is 50.7 Å². The van der Waals surface area contributed by atoms with E-state index in [-0.39, 0.29) is 0 Å². The van der Waals surface area contributed by atoms with Crippen molar-refractivity contribution in [2.75, 3.05) is 25.0 Å². The lowest BCUT2D eigenvalue weighted by atomic mass is 10.0. The minimum atomic E-state index is 0.456. The summed E-state index contributed by atoms with van der Waals surface area (Å²) in [5.41, 5.74) is 4.12. The van der Waals surface area contributed by atoms with Gasteiger partial charge < -0.3 is 14.4 Å². The van der Waals surface area contributed by atoms with Crippen molar-refractivity contribution in [1.82, 2.24) is 19.4 Å². The Balaban J connectivity index is 1.64. The number of anilines is 1. The highest BCUT2D eigenvalue weighted by Gasteiger charge is 2.24. The van der Waals surface area contributed by atoms with Gasteiger partial charge in [-0.05, 0) is 38.0 Å². The van der Waals surface area contributed by atoms with Gasteiger partial charge in [-0.1, -0.05) is 30.3 Å². The molecule has 0 spiro atoms. The number of likely N-dealkylation sites (tertiary alicyclic amines) is 1. The van der Waals surface area contributed by atoms with Crippen LogP contribution in [0.2, 0.25) is 5.02 Å². The lowest BCUT2D eigenvalue weighted by molar-refractivity contribution is 0.261. The number of halogens is 1. The highest BCUT2D eigenvalue weighted by molar-refractivity contribution is 6.33. The Labute approximate surface area is 171 Å². The van der Waals surface area contributed by atoms with E-state index in [9.17, 15) is 0 Å². The van der Waals surface area contributed by atoms with Crippen molar-refractivity contribution >= 4 is 28.5 Å². The minimum Gasteiger partial charge on any atom is -0.375 e. The summed E-state index contributed by atoms with van der Waals surface area (Å²) in [4.78, 5) is 14.0. The van der Waals surface area contributed by atoms with E-state index in [2.05, 4.69) is 52.0 Å². The van der Waals surface area contributed by atoms with E-state index in [1.165, 1.54) is 0 Å². The third kappa shape index (κ3) is 3.35. The minimum absolute atomic E-state index is 0.456. The molecule has 0 bridgehead atoms. The fourth-order valence-electron chi connectivity index (χ4n) is 4.00. The number of benzene rings is 1. The van der Waals surface area contributed by atoms with E-state index in [0.29, 0.717) is 11.1 Å². The normalized spacial score (nSPS) is 15.2. The maximum absolute atomic E-state index is 6.52. The SMILES string of the molecule is C=C(C)N1CCC(N(C)c2cc(-c3nc4ccccc4n3C)c(Cl)cn2)CC1. The number of hydrogen-bond acceptors (Lipinski definition) is 4. The van der Waals surface area contributed by atoms with Crippen LogP contribution >= 0.6 is 11.6 Å². The van der Waals surface area contributed by atoms with E-state index in [4.69, 9.17) is 16.6 Å². The molecule has 6 heteroatoms. The van der Waals surface area contributed by atoms with Crippen molar-refractivity contribution in [3.63, 3.8) is 0 Å². The summed E-state index contributed by atoms with van der Waals surface area (Å²) in [7, 11) is 4.15. The largest absolute Gasteiger partial charge is 0.375 e. The number of aromatic nitrogens is 3. The zero-order chi connectivity index (χ0) is 19.8. The fraction of sp³-hybridized carbons (Fsp3) is 0.364. The predicted molar refractivity (Wildman–Crippen MR) is 117 cm³/mol. The van der Waals surface area contributed by atoms with Crippen molar-refractivity contribution < 1.29 is 0 Å². The molecule has 4 rings (SSSR count). The zero-order valence-electron chi connectivity index (χ0n) is 16.7. The molecule has 28 heavy (non-hydrogen) atoms. The highest BCUT2D eigenvalue weighted by atomic mass is 35.5. The molecular formula is C22H26ClN5. The molecule has 0 radical (unpaired) electrons.